The Hall–Kier alpha value is -1.28. The van der Waals surface area contributed by atoms with Crippen LogP contribution in [-0.4, -0.2) is 5.11 Å². The van der Waals surface area contributed by atoms with Crippen molar-refractivity contribution in [3.63, 3.8) is 0 Å². The van der Waals surface area contributed by atoms with E-state index in [-0.39, 0.29) is 0 Å². The summed E-state index contributed by atoms with van der Waals surface area (Å²) in [5.41, 5.74) is 2.91. The van der Waals surface area contributed by atoms with Crippen molar-refractivity contribution in [2.24, 2.45) is 0 Å². The zero-order valence-corrected chi connectivity index (χ0v) is 7.74. The van der Waals surface area contributed by atoms with Gasteiger partial charge in [-0.15, -0.1) is 0 Å². The van der Waals surface area contributed by atoms with E-state index in [2.05, 4.69) is 0 Å². The van der Waals surface area contributed by atoms with Crippen molar-refractivity contribution in [1.82, 2.24) is 0 Å². The van der Waals surface area contributed by atoms with Gasteiger partial charge in [0.2, 0.25) is 0 Å². The molecule has 68 valence electrons. The van der Waals surface area contributed by atoms with Crippen molar-refractivity contribution in [1.29, 1.82) is 0 Å². The first kappa shape index (κ1) is 8.32. The van der Waals surface area contributed by atoms with Crippen molar-refractivity contribution in [2.75, 3.05) is 0 Å². The molecule has 2 aromatic rings. The molecule has 0 aliphatic carbocycles. The Kier molecular flexibility index (Phi) is 1.85. The molecule has 0 saturated carbocycles. The molecule has 1 aromatic carbocycles. The molecule has 1 unspecified atom stereocenters. The molecule has 1 aromatic heterocycles. The SMILES string of the molecule is Cc1coc2ccc(C(C)O)cc12. The van der Waals surface area contributed by atoms with E-state index in [1.807, 2.05) is 25.1 Å². The molecular weight excluding hydrogens is 164 g/mol. The van der Waals surface area contributed by atoms with E-state index >= 15 is 0 Å². The summed E-state index contributed by atoms with van der Waals surface area (Å²) in [7, 11) is 0. The van der Waals surface area contributed by atoms with Gasteiger partial charge >= 0.3 is 0 Å². The highest BCUT2D eigenvalue weighted by Gasteiger charge is 2.05. The summed E-state index contributed by atoms with van der Waals surface area (Å²) < 4.78 is 5.30. The number of benzene rings is 1. The van der Waals surface area contributed by atoms with Crippen LogP contribution in [0.3, 0.4) is 0 Å². The predicted octanol–water partition coefficient (Wildman–Crippen LogP) is 2.79. The highest BCUT2D eigenvalue weighted by atomic mass is 16.3. The number of furan rings is 1. The summed E-state index contributed by atoms with van der Waals surface area (Å²) in [4.78, 5) is 0. The van der Waals surface area contributed by atoms with Gasteiger partial charge in [0.05, 0.1) is 12.4 Å². The summed E-state index contributed by atoms with van der Waals surface area (Å²) in [6, 6.07) is 5.75. The van der Waals surface area contributed by atoms with Crippen LogP contribution in [0.1, 0.15) is 24.2 Å². The van der Waals surface area contributed by atoms with Gasteiger partial charge < -0.3 is 9.52 Å². The summed E-state index contributed by atoms with van der Waals surface area (Å²) >= 11 is 0. The first-order valence-electron chi connectivity index (χ1n) is 4.34. The summed E-state index contributed by atoms with van der Waals surface area (Å²) in [5, 5.41) is 10.5. The van der Waals surface area contributed by atoms with Crippen molar-refractivity contribution in [3.8, 4) is 0 Å². The first-order chi connectivity index (χ1) is 6.18. The van der Waals surface area contributed by atoms with Crippen LogP contribution in [0.4, 0.5) is 0 Å². The van der Waals surface area contributed by atoms with E-state index in [9.17, 15) is 5.11 Å². The average Bonchev–Trinajstić information content (AvgIpc) is 2.47. The Morgan fingerprint density at radius 3 is 2.85 bits per heavy atom. The van der Waals surface area contributed by atoms with Crippen molar-refractivity contribution >= 4 is 11.0 Å². The molecule has 1 N–H and O–H groups in total. The van der Waals surface area contributed by atoms with Crippen LogP contribution in [0.25, 0.3) is 11.0 Å². The molecule has 0 fully saturated rings. The van der Waals surface area contributed by atoms with Gasteiger partial charge in [0.15, 0.2) is 0 Å². The predicted molar refractivity (Wildman–Crippen MR) is 51.6 cm³/mol. The molecule has 2 heteroatoms. The Labute approximate surface area is 76.8 Å². The zero-order chi connectivity index (χ0) is 9.42. The molecule has 13 heavy (non-hydrogen) atoms. The van der Waals surface area contributed by atoms with Crippen LogP contribution in [0.5, 0.6) is 0 Å². The van der Waals surface area contributed by atoms with Gasteiger partial charge in [0, 0.05) is 5.39 Å². The third-order valence-corrected chi connectivity index (χ3v) is 2.27. The minimum atomic E-state index is -0.418. The maximum atomic E-state index is 9.38. The van der Waals surface area contributed by atoms with E-state index in [1.54, 1.807) is 13.2 Å². The summed E-state index contributed by atoms with van der Waals surface area (Å²) in [6.07, 6.45) is 1.31. The monoisotopic (exact) mass is 176 g/mol. The number of aliphatic hydroxyl groups excluding tert-OH is 1. The van der Waals surface area contributed by atoms with Crippen molar-refractivity contribution in [2.45, 2.75) is 20.0 Å². The Morgan fingerprint density at radius 2 is 2.15 bits per heavy atom. The summed E-state index contributed by atoms with van der Waals surface area (Å²) in [5.74, 6) is 0. The van der Waals surface area contributed by atoms with E-state index in [1.165, 1.54) is 0 Å². The molecule has 2 nitrogen and oxygen atoms in total. The summed E-state index contributed by atoms with van der Waals surface area (Å²) in [6.45, 7) is 3.76. The molecule has 0 amide bonds. The Bertz CT molecular complexity index is 427. The number of aliphatic hydroxyl groups is 1. The third-order valence-electron chi connectivity index (χ3n) is 2.27. The van der Waals surface area contributed by atoms with E-state index in [4.69, 9.17) is 4.42 Å². The van der Waals surface area contributed by atoms with Crippen LogP contribution >= 0.6 is 0 Å². The van der Waals surface area contributed by atoms with Crippen LogP contribution in [-0.2, 0) is 0 Å². The number of rotatable bonds is 1. The fourth-order valence-corrected chi connectivity index (χ4v) is 1.43. The number of aryl methyl sites for hydroxylation is 1. The lowest BCUT2D eigenvalue weighted by Gasteiger charge is -2.03. The van der Waals surface area contributed by atoms with Gasteiger partial charge in [0.1, 0.15) is 5.58 Å². The quantitative estimate of drug-likeness (QED) is 0.724. The number of fused-ring (bicyclic) bond motifs is 1. The van der Waals surface area contributed by atoms with Gasteiger partial charge in [0.25, 0.3) is 0 Å². The number of hydrogen-bond acceptors (Lipinski definition) is 2. The molecule has 0 spiro atoms. The van der Waals surface area contributed by atoms with Crippen molar-refractivity contribution < 1.29 is 9.52 Å². The lowest BCUT2D eigenvalue weighted by molar-refractivity contribution is 0.199. The number of hydrogen-bond donors (Lipinski definition) is 1. The van der Waals surface area contributed by atoms with Gasteiger partial charge in [-0.05, 0) is 37.1 Å². The Balaban J connectivity index is 2.66. The lowest BCUT2D eigenvalue weighted by Crippen LogP contribution is -1.89. The largest absolute Gasteiger partial charge is 0.464 e. The highest BCUT2D eigenvalue weighted by molar-refractivity contribution is 5.81. The third kappa shape index (κ3) is 1.33. The van der Waals surface area contributed by atoms with Gasteiger partial charge in [-0.3, -0.25) is 0 Å². The van der Waals surface area contributed by atoms with Crippen LogP contribution < -0.4 is 0 Å². The average molecular weight is 176 g/mol. The smallest absolute Gasteiger partial charge is 0.134 e. The molecule has 0 aliphatic rings. The van der Waals surface area contributed by atoms with Crippen LogP contribution in [0.15, 0.2) is 28.9 Å². The molecule has 0 aliphatic heterocycles. The topological polar surface area (TPSA) is 33.4 Å². The second kappa shape index (κ2) is 2.89. The molecule has 0 radical (unpaired) electrons. The molecular formula is C11H12O2. The second-order valence-electron chi connectivity index (χ2n) is 3.35. The zero-order valence-electron chi connectivity index (χ0n) is 7.74. The minimum Gasteiger partial charge on any atom is -0.464 e. The lowest BCUT2D eigenvalue weighted by atomic mass is 10.1. The molecule has 0 saturated heterocycles. The van der Waals surface area contributed by atoms with Crippen molar-refractivity contribution in [3.05, 3.63) is 35.6 Å². The molecule has 2 rings (SSSR count). The maximum absolute atomic E-state index is 9.38. The molecule has 1 heterocycles. The van der Waals surface area contributed by atoms with E-state index in [0.29, 0.717) is 0 Å². The maximum Gasteiger partial charge on any atom is 0.134 e. The van der Waals surface area contributed by atoms with Crippen LogP contribution in [0, 0.1) is 6.92 Å². The Morgan fingerprint density at radius 1 is 1.38 bits per heavy atom. The van der Waals surface area contributed by atoms with Gasteiger partial charge in [-0.1, -0.05) is 6.07 Å². The van der Waals surface area contributed by atoms with Gasteiger partial charge in [-0.25, -0.2) is 0 Å². The minimum absolute atomic E-state index is 0.418. The molecule has 0 bridgehead atoms. The van der Waals surface area contributed by atoms with Gasteiger partial charge in [-0.2, -0.15) is 0 Å². The second-order valence-corrected chi connectivity index (χ2v) is 3.35. The van der Waals surface area contributed by atoms with E-state index in [0.717, 1.165) is 22.1 Å². The molecule has 1 atom stereocenters. The normalized spacial score (nSPS) is 13.5. The first-order valence-corrected chi connectivity index (χ1v) is 4.34. The standard InChI is InChI=1S/C11H12O2/c1-7-6-13-11-4-3-9(8(2)12)5-10(7)11/h3-6,8,12H,1-2H3. The fourth-order valence-electron chi connectivity index (χ4n) is 1.43. The fraction of sp³-hybridized carbons (Fsp3) is 0.273. The van der Waals surface area contributed by atoms with E-state index < -0.39 is 6.10 Å². The van der Waals surface area contributed by atoms with Crippen LogP contribution in [0.2, 0.25) is 0 Å². The highest BCUT2D eigenvalue weighted by Crippen LogP contribution is 2.24.